The molecule has 1 aromatic heterocycles. The number of nitrogens with zero attached hydrogens (tertiary/aromatic N) is 1. The number of fused-ring (bicyclic) bond motifs is 2. The van der Waals surface area contributed by atoms with Crippen molar-refractivity contribution in [2.45, 2.75) is 32.0 Å². The van der Waals surface area contributed by atoms with Crippen molar-refractivity contribution in [2.24, 2.45) is 0 Å². The van der Waals surface area contributed by atoms with E-state index < -0.39 is 11.4 Å². The Labute approximate surface area is 149 Å². The van der Waals surface area contributed by atoms with E-state index in [9.17, 15) is 14.7 Å². The van der Waals surface area contributed by atoms with Gasteiger partial charge in [-0.2, -0.15) is 0 Å². The second-order valence-corrected chi connectivity index (χ2v) is 7.13. The molecule has 0 amide bonds. The number of carboxylic acid groups (broad SMARTS) is 1. The fourth-order valence-electron chi connectivity index (χ4n) is 3.81. The van der Waals surface area contributed by atoms with Crippen LogP contribution in [0.2, 0.25) is 0 Å². The van der Waals surface area contributed by atoms with Crippen LogP contribution < -0.4 is 10.7 Å². The van der Waals surface area contributed by atoms with Crippen LogP contribution in [0.3, 0.4) is 0 Å². The van der Waals surface area contributed by atoms with Gasteiger partial charge in [0.1, 0.15) is 5.56 Å². The highest BCUT2D eigenvalue weighted by atomic mass is 16.4. The van der Waals surface area contributed by atoms with Crippen molar-refractivity contribution in [3.05, 3.63) is 69.5 Å². The molecule has 0 atom stereocenters. The zero-order valence-electron chi connectivity index (χ0n) is 14.2. The maximum Gasteiger partial charge on any atom is 0.341 e. The van der Waals surface area contributed by atoms with Gasteiger partial charge in [-0.1, -0.05) is 18.2 Å². The smallest absolute Gasteiger partial charge is 0.341 e. The summed E-state index contributed by atoms with van der Waals surface area (Å²) >= 11 is 0. The van der Waals surface area contributed by atoms with Gasteiger partial charge in [-0.15, -0.1) is 0 Å². The third-order valence-corrected chi connectivity index (χ3v) is 5.37. The van der Waals surface area contributed by atoms with Crippen LogP contribution in [0.25, 0.3) is 22.0 Å². The van der Waals surface area contributed by atoms with Gasteiger partial charge >= 0.3 is 5.97 Å². The van der Waals surface area contributed by atoms with E-state index >= 15 is 0 Å². The standard InChI is InChI=1S/C21H18N2O3/c24-20-17-6-3-13(12-1-2-14-9-22-10-15(14)7-12)8-19(17)23(16-4-5-16)11-18(20)21(25)26/h1-3,6-8,11,16,22H,4-5,9-10H2,(H,25,26). The number of aromatic nitrogens is 1. The van der Waals surface area contributed by atoms with Gasteiger partial charge in [-0.25, -0.2) is 4.79 Å². The van der Waals surface area contributed by atoms with Crippen LogP contribution in [0.4, 0.5) is 0 Å². The summed E-state index contributed by atoms with van der Waals surface area (Å²) in [6.45, 7) is 1.79. The molecule has 130 valence electrons. The summed E-state index contributed by atoms with van der Waals surface area (Å²) in [5.41, 5.74) is 5.06. The van der Waals surface area contributed by atoms with E-state index in [2.05, 4.69) is 23.5 Å². The molecule has 1 aliphatic heterocycles. The van der Waals surface area contributed by atoms with E-state index in [4.69, 9.17) is 0 Å². The monoisotopic (exact) mass is 346 g/mol. The van der Waals surface area contributed by atoms with Gasteiger partial charge < -0.3 is 15.0 Å². The minimum Gasteiger partial charge on any atom is -0.477 e. The molecular weight excluding hydrogens is 328 g/mol. The molecule has 0 saturated heterocycles. The molecule has 3 aromatic rings. The predicted octanol–water partition coefficient (Wildman–Crippen LogP) is 3.30. The topological polar surface area (TPSA) is 71.3 Å². The quantitative estimate of drug-likeness (QED) is 0.763. The zero-order chi connectivity index (χ0) is 17.8. The second-order valence-electron chi connectivity index (χ2n) is 7.13. The maximum absolute atomic E-state index is 12.6. The van der Waals surface area contributed by atoms with Crippen molar-refractivity contribution in [1.29, 1.82) is 0 Å². The number of pyridine rings is 1. The lowest BCUT2D eigenvalue weighted by molar-refractivity contribution is 0.0695. The molecule has 1 saturated carbocycles. The van der Waals surface area contributed by atoms with E-state index in [1.807, 2.05) is 16.7 Å². The molecule has 2 heterocycles. The van der Waals surface area contributed by atoms with Crippen LogP contribution in [-0.2, 0) is 13.1 Å². The Hall–Kier alpha value is -2.92. The number of aromatic carboxylic acids is 1. The van der Waals surface area contributed by atoms with E-state index in [0.29, 0.717) is 5.39 Å². The molecule has 0 radical (unpaired) electrons. The van der Waals surface area contributed by atoms with Gasteiger partial charge in [-0.05, 0) is 53.3 Å². The number of benzene rings is 2. The number of carbonyl (C=O) groups is 1. The molecule has 1 fully saturated rings. The Bertz CT molecular complexity index is 1130. The van der Waals surface area contributed by atoms with Gasteiger partial charge in [0.05, 0.1) is 5.52 Å². The number of carboxylic acids is 1. The summed E-state index contributed by atoms with van der Waals surface area (Å²) < 4.78 is 1.97. The Balaban J connectivity index is 1.72. The Morgan fingerprint density at radius 1 is 1.04 bits per heavy atom. The maximum atomic E-state index is 12.6. The highest BCUT2D eigenvalue weighted by Crippen LogP contribution is 2.38. The fourth-order valence-corrected chi connectivity index (χ4v) is 3.81. The molecular formula is C21H18N2O3. The van der Waals surface area contributed by atoms with Crippen LogP contribution >= 0.6 is 0 Å². The van der Waals surface area contributed by atoms with Crippen LogP contribution in [0.5, 0.6) is 0 Å². The normalized spacial score (nSPS) is 16.0. The summed E-state index contributed by atoms with van der Waals surface area (Å²) in [6.07, 6.45) is 3.55. The minimum absolute atomic E-state index is 0.152. The van der Waals surface area contributed by atoms with Crippen molar-refractivity contribution < 1.29 is 9.90 Å². The van der Waals surface area contributed by atoms with E-state index in [1.165, 1.54) is 17.3 Å². The predicted molar refractivity (Wildman–Crippen MR) is 99.4 cm³/mol. The molecule has 5 nitrogen and oxygen atoms in total. The molecule has 5 heteroatoms. The average molecular weight is 346 g/mol. The number of rotatable bonds is 3. The van der Waals surface area contributed by atoms with E-state index in [0.717, 1.165) is 42.6 Å². The van der Waals surface area contributed by atoms with E-state index in [1.54, 1.807) is 6.07 Å². The zero-order valence-corrected chi connectivity index (χ0v) is 14.2. The van der Waals surface area contributed by atoms with Crippen LogP contribution in [0.15, 0.2) is 47.4 Å². The Morgan fingerprint density at radius 3 is 2.54 bits per heavy atom. The van der Waals surface area contributed by atoms with Gasteiger partial charge in [0.25, 0.3) is 0 Å². The first-order valence-electron chi connectivity index (χ1n) is 8.87. The lowest BCUT2D eigenvalue weighted by atomic mass is 9.99. The summed E-state index contributed by atoms with van der Waals surface area (Å²) in [5.74, 6) is -1.17. The lowest BCUT2D eigenvalue weighted by Crippen LogP contribution is -2.18. The van der Waals surface area contributed by atoms with Gasteiger partial charge in [0.15, 0.2) is 0 Å². The summed E-state index contributed by atoms with van der Waals surface area (Å²) in [6, 6.07) is 12.4. The van der Waals surface area contributed by atoms with Gasteiger partial charge in [0, 0.05) is 30.7 Å². The SMILES string of the molecule is O=C(O)c1cn(C2CC2)c2cc(-c3ccc4c(c3)CNC4)ccc2c1=O. The molecule has 2 N–H and O–H groups in total. The summed E-state index contributed by atoms with van der Waals surface area (Å²) in [4.78, 5) is 24.0. The average Bonchev–Trinajstić information content (AvgIpc) is 3.37. The molecule has 0 unspecified atom stereocenters. The number of hydrogen-bond donors (Lipinski definition) is 2. The van der Waals surface area contributed by atoms with Crippen LogP contribution in [0.1, 0.15) is 40.4 Å². The first-order valence-corrected chi connectivity index (χ1v) is 8.87. The van der Waals surface area contributed by atoms with Crippen molar-refractivity contribution in [3.63, 3.8) is 0 Å². The van der Waals surface area contributed by atoms with Crippen molar-refractivity contribution in [2.75, 3.05) is 0 Å². The summed E-state index contributed by atoms with van der Waals surface area (Å²) in [5, 5.41) is 13.2. The van der Waals surface area contributed by atoms with Gasteiger partial charge in [0.2, 0.25) is 5.43 Å². The number of hydrogen-bond acceptors (Lipinski definition) is 3. The minimum atomic E-state index is -1.17. The highest BCUT2D eigenvalue weighted by Gasteiger charge is 2.26. The first-order chi connectivity index (χ1) is 12.6. The van der Waals surface area contributed by atoms with Crippen molar-refractivity contribution in [3.8, 4) is 11.1 Å². The highest BCUT2D eigenvalue weighted by molar-refractivity contribution is 5.94. The van der Waals surface area contributed by atoms with Gasteiger partial charge in [-0.3, -0.25) is 4.79 Å². The fraction of sp³-hybridized carbons (Fsp3) is 0.238. The van der Waals surface area contributed by atoms with Crippen LogP contribution in [-0.4, -0.2) is 15.6 Å². The Morgan fingerprint density at radius 2 is 1.77 bits per heavy atom. The molecule has 26 heavy (non-hydrogen) atoms. The largest absolute Gasteiger partial charge is 0.477 e. The molecule has 1 aliphatic carbocycles. The second kappa shape index (κ2) is 5.54. The third-order valence-electron chi connectivity index (χ3n) is 5.37. The summed E-state index contributed by atoms with van der Waals surface area (Å²) in [7, 11) is 0. The lowest BCUT2D eigenvalue weighted by Gasteiger charge is -2.13. The van der Waals surface area contributed by atoms with Crippen LogP contribution in [0, 0.1) is 0 Å². The van der Waals surface area contributed by atoms with Crippen molar-refractivity contribution >= 4 is 16.9 Å². The molecule has 5 rings (SSSR count). The molecule has 0 spiro atoms. The molecule has 0 bridgehead atoms. The number of nitrogens with one attached hydrogen (secondary N) is 1. The first kappa shape index (κ1) is 15.3. The molecule has 2 aromatic carbocycles. The molecule has 2 aliphatic rings. The van der Waals surface area contributed by atoms with E-state index in [-0.39, 0.29) is 11.6 Å². The Kier molecular flexibility index (Phi) is 3.27. The van der Waals surface area contributed by atoms with Crippen molar-refractivity contribution in [1.82, 2.24) is 9.88 Å². The third kappa shape index (κ3) is 2.35.